The molecule has 1 amide bonds. The lowest BCUT2D eigenvalue weighted by Gasteiger charge is -2.12. The third-order valence-electron chi connectivity index (χ3n) is 3.01. The molecule has 0 spiro atoms. The van der Waals surface area contributed by atoms with E-state index in [4.69, 9.17) is 9.47 Å². The summed E-state index contributed by atoms with van der Waals surface area (Å²) in [4.78, 5) is 22.6. The molecular formula is C14H16BrNO4. The van der Waals surface area contributed by atoms with Gasteiger partial charge in [0.25, 0.3) is 5.91 Å². The molecule has 1 saturated heterocycles. The number of benzene rings is 1. The minimum absolute atomic E-state index is 0.108. The maximum atomic E-state index is 11.7. The van der Waals surface area contributed by atoms with E-state index in [2.05, 4.69) is 21.2 Å². The molecule has 0 radical (unpaired) electrons. The quantitative estimate of drug-likeness (QED) is 0.803. The SMILES string of the molecule is O=Cc1cc(Br)ccc1OCC(=O)NC[C@H]1CCCO1. The van der Waals surface area contributed by atoms with Crippen LogP contribution in [0.15, 0.2) is 22.7 Å². The van der Waals surface area contributed by atoms with Gasteiger partial charge in [0.1, 0.15) is 5.75 Å². The van der Waals surface area contributed by atoms with E-state index in [9.17, 15) is 9.59 Å². The summed E-state index contributed by atoms with van der Waals surface area (Å²) in [5.41, 5.74) is 0.409. The fraction of sp³-hybridized carbons (Fsp3) is 0.429. The van der Waals surface area contributed by atoms with Crippen LogP contribution in [0.2, 0.25) is 0 Å². The Morgan fingerprint density at radius 1 is 1.55 bits per heavy atom. The van der Waals surface area contributed by atoms with Crippen molar-refractivity contribution < 1.29 is 19.1 Å². The number of halogens is 1. The molecule has 1 aliphatic heterocycles. The van der Waals surface area contributed by atoms with Crippen LogP contribution in [0.5, 0.6) is 5.75 Å². The molecule has 108 valence electrons. The molecule has 1 aromatic rings. The van der Waals surface area contributed by atoms with Gasteiger partial charge in [-0.2, -0.15) is 0 Å². The number of hydrogen-bond donors (Lipinski definition) is 1. The third-order valence-corrected chi connectivity index (χ3v) is 3.50. The van der Waals surface area contributed by atoms with Crippen molar-refractivity contribution in [3.8, 4) is 5.75 Å². The Kier molecular flexibility index (Phi) is 5.55. The number of hydrogen-bond acceptors (Lipinski definition) is 4. The highest BCUT2D eigenvalue weighted by atomic mass is 79.9. The zero-order valence-corrected chi connectivity index (χ0v) is 12.5. The first kappa shape index (κ1) is 15.0. The summed E-state index contributed by atoms with van der Waals surface area (Å²) in [5.74, 6) is 0.177. The fourth-order valence-electron chi connectivity index (χ4n) is 1.97. The summed E-state index contributed by atoms with van der Waals surface area (Å²) in [6.45, 7) is 1.15. The van der Waals surface area contributed by atoms with E-state index in [0.717, 1.165) is 23.9 Å². The van der Waals surface area contributed by atoms with Gasteiger partial charge in [-0.25, -0.2) is 0 Å². The summed E-state index contributed by atoms with van der Waals surface area (Å²) in [6, 6.07) is 5.06. The molecule has 0 aliphatic carbocycles. The highest BCUT2D eigenvalue weighted by molar-refractivity contribution is 9.10. The van der Waals surface area contributed by atoms with E-state index in [-0.39, 0.29) is 18.6 Å². The predicted molar refractivity (Wildman–Crippen MR) is 77.0 cm³/mol. The van der Waals surface area contributed by atoms with Gasteiger partial charge in [0.05, 0.1) is 11.7 Å². The molecule has 0 bridgehead atoms. The van der Waals surface area contributed by atoms with Crippen molar-refractivity contribution in [2.75, 3.05) is 19.8 Å². The molecule has 1 atom stereocenters. The van der Waals surface area contributed by atoms with E-state index in [1.165, 1.54) is 0 Å². The average molecular weight is 342 g/mol. The highest BCUT2D eigenvalue weighted by Gasteiger charge is 2.16. The van der Waals surface area contributed by atoms with Gasteiger partial charge in [-0.1, -0.05) is 15.9 Å². The molecule has 2 rings (SSSR count). The topological polar surface area (TPSA) is 64.6 Å². The van der Waals surface area contributed by atoms with Gasteiger partial charge in [-0.15, -0.1) is 0 Å². The van der Waals surface area contributed by atoms with Crippen LogP contribution in [-0.4, -0.2) is 38.1 Å². The lowest BCUT2D eigenvalue weighted by molar-refractivity contribution is -0.123. The van der Waals surface area contributed by atoms with Gasteiger partial charge in [0.2, 0.25) is 0 Å². The molecule has 6 heteroatoms. The van der Waals surface area contributed by atoms with Crippen LogP contribution in [0, 0.1) is 0 Å². The van der Waals surface area contributed by atoms with Crippen molar-refractivity contribution in [3.63, 3.8) is 0 Å². The number of amides is 1. The molecular weight excluding hydrogens is 326 g/mol. The summed E-state index contributed by atoms with van der Waals surface area (Å²) in [6.07, 6.45) is 2.82. The lowest BCUT2D eigenvalue weighted by Crippen LogP contribution is -2.35. The summed E-state index contributed by atoms with van der Waals surface area (Å²) >= 11 is 3.27. The summed E-state index contributed by atoms with van der Waals surface area (Å²) in [7, 11) is 0. The molecule has 1 aliphatic rings. The standard InChI is InChI=1S/C14H16BrNO4/c15-11-3-4-13(10(6-11)8-17)20-9-14(18)16-7-12-2-1-5-19-12/h3-4,6,8,12H,1-2,5,7,9H2,(H,16,18)/t12-/m1/s1. The largest absolute Gasteiger partial charge is 0.483 e. The molecule has 5 nitrogen and oxygen atoms in total. The van der Waals surface area contributed by atoms with Crippen molar-refractivity contribution in [1.82, 2.24) is 5.32 Å². The summed E-state index contributed by atoms with van der Waals surface area (Å²) in [5, 5.41) is 2.76. The van der Waals surface area contributed by atoms with Crippen molar-refractivity contribution >= 4 is 28.1 Å². The Morgan fingerprint density at radius 2 is 2.40 bits per heavy atom. The first-order chi connectivity index (χ1) is 9.69. The molecule has 20 heavy (non-hydrogen) atoms. The molecule has 0 saturated carbocycles. The van der Waals surface area contributed by atoms with Gasteiger partial charge >= 0.3 is 0 Å². The number of nitrogens with one attached hydrogen (secondary N) is 1. The monoisotopic (exact) mass is 341 g/mol. The molecule has 0 aromatic heterocycles. The normalized spacial score (nSPS) is 17.8. The highest BCUT2D eigenvalue weighted by Crippen LogP contribution is 2.21. The van der Waals surface area contributed by atoms with Crippen molar-refractivity contribution in [3.05, 3.63) is 28.2 Å². The van der Waals surface area contributed by atoms with Gasteiger partial charge < -0.3 is 14.8 Å². The Balaban J connectivity index is 1.79. The average Bonchev–Trinajstić information content (AvgIpc) is 2.97. The first-order valence-electron chi connectivity index (χ1n) is 6.45. The zero-order valence-electron chi connectivity index (χ0n) is 10.9. The molecule has 1 fully saturated rings. The maximum absolute atomic E-state index is 11.7. The van der Waals surface area contributed by atoms with Crippen LogP contribution >= 0.6 is 15.9 Å². The van der Waals surface area contributed by atoms with Crippen molar-refractivity contribution in [1.29, 1.82) is 0 Å². The Bertz CT molecular complexity index is 486. The lowest BCUT2D eigenvalue weighted by atomic mass is 10.2. The van der Waals surface area contributed by atoms with E-state index in [0.29, 0.717) is 24.1 Å². The van der Waals surface area contributed by atoms with Gasteiger partial charge in [-0.05, 0) is 31.0 Å². The van der Waals surface area contributed by atoms with Crippen molar-refractivity contribution in [2.24, 2.45) is 0 Å². The van der Waals surface area contributed by atoms with Crippen molar-refractivity contribution in [2.45, 2.75) is 18.9 Å². The fourth-order valence-corrected chi connectivity index (χ4v) is 2.35. The van der Waals surface area contributed by atoms with Gasteiger partial charge in [0.15, 0.2) is 12.9 Å². The number of carbonyl (C=O) groups is 2. The Labute approximate surface area is 125 Å². The minimum atomic E-state index is -0.222. The maximum Gasteiger partial charge on any atom is 0.258 e. The van der Waals surface area contributed by atoms with Crippen LogP contribution in [-0.2, 0) is 9.53 Å². The molecule has 1 aromatic carbocycles. The number of ether oxygens (including phenoxy) is 2. The van der Waals surface area contributed by atoms with Crippen LogP contribution in [0.4, 0.5) is 0 Å². The van der Waals surface area contributed by atoms with Gasteiger partial charge in [-0.3, -0.25) is 9.59 Å². The van der Waals surface area contributed by atoms with Crippen LogP contribution < -0.4 is 10.1 Å². The van der Waals surface area contributed by atoms with Crippen LogP contribution in [0.3, 0.4) is 0 Å². The molecule has 1 N–H and O–H groups in total. The van der Waals surface area contributed by atoms with E-state index >= 15 is 0 Å². The smallest absolute Gasteiger partial charge is 0.258 e. The second-order valence-electron chi connectivity index (χ2n) is 4.53. The van der Waals surface area contributed by atoms with E-state index < -0.39 is 0 Å². The third kappa shape index (κ3) is 4.31. The van der Waals surface area contributed by atoms with E-state index in [1.54, 1.807) is 18.2 Å². The second kappa shape index (κ2) is 7.40. The van der Waals surface area contributed by atoms with Crippen LogP contribution in [0.25, 0.3) is 0 Å². The molecule has 0 unspecified atom stereocenters. The number of rotatable bonds is 6. The van der Waals surface area contributed by atoms with E-state index in [1.807, 2.05) is 0 Å². The number of carbonyl (C=O) groups excluding carboxylic acids is 2. The van der Waals surface area contributed by atoms with Crippen LogP contribution in [0.1, 0.15) is 23.2 Å². The Morgan fingerprint density at radius 3 is 3.10 bits per heavy atom. The zero-order chi connectivity index (χ0) is 14.4. The van der Waals surface area contributed by atoms with Gasteiger partial charge in [0, 0.05) is 17.6 Å². The second-order valence-corrected chi connectivity index (χ2v) is 5.44. The Hall–Kier alpha value is -1.40. The summed E-state index contributed by atoms with van der Waals surface area (Å²) < 4.78 is 11.6. The minimum Gasteiger partial charge on any atom is -0.483 e. The molecule has 1 heterocycles. The first-order valence-corrected chi connectivity index (χ1v) is 7.24. The predicted octanol–water partition coefficient (Wildman–Crippen LogP) is 1.94. The number of aldehydes is 1.